The third-order valence-corrected chi connectivity index (χ3v) is 4.92. The molecule has 1 heterocycles. The van der Waals surface area contributed by atoms with Crippen LogP contribution in [0.4, 0.5) is 11.4 Å². The molecule has 0 atom stereocenters. The van der Waals surface area contributed by atoms with Crippen molar-refractivity contribution in [3.63, 3.8) is 0 Å². The summed E-state index contributed by atoms with van der Waals surface area (Å²) in [5, 5.41) is 6.43. The third kappa shape index (κ3) is 4.23. The first-order valence-electron chi connectivity index (χ1n) is 9.35. The van der Waals surface area contributed by atoms with Crippen molar-refractivity contribution in [3.05, 3.63) is 107 Å². The molecular formula is C24H20ClN3O. The van der Waals surface area contributed by atoms with Crippen LogP contribution >= 0.6 is 11.6 Å². The average molecular weight is 402 g/mol. The minimum Gasteiger partial charge on any atom is -0.343 e. The molecule has 144 valence electrons. The molecule has 1 aliphatic rings. The number of halogens is 1. The Morgan fingerprint density at radius 1 is 0.966 bits per heavy atom. The molecular weight excluding hydrogens is 382 g/mol. The van der Waals surface area contributed by atoms with E-state index in [1.54, 1.807) is 12.1 Å². The summed E-state index contributed by atoms with van der Waals surface area (Å²) in [5.74, 6) is -0.168. The molecule has 0 saturated heterocycles. The van der Waals surface area contributed by atoms with Crippen molar-refractivity contribution >= 4 is 34.6 Å². The Labute approximate surface area is 175 Å². The number of para-hydroxylation sites is 1. The predicted molar refractivity (Wildman–Crippen MR) is 119 cm³/mol. The van der Waals surface area contributed by atoms with E-state index in [0.29, 0.717) is 28.5 Å². The summed E-state index contributed by atoms with van der Waals surface area (Å²) in [6.07, 6.45) is 1.88. The molecule has 1 aliphatic heterocycles. The molecule has 0 spiro atoms. The first-order chi connectivity index (χ1) is 14.1. The third-order valence-electron chi connectivity index (χ3n) is 4.68. The molecule has 4 nitrogen and oxygen atoms in total. The highest BCUT2D eigenvalue weighted by Gasteiger charge is 2.29. The van der Waals surface area contributed by atoms with E-state index in [2.05, 4.69) is 22.1 Å². The van der Waals surface area contributed by atoms with E-state index < -0.39 is 0 Å². The van der Waals surface area contributed by atoms with E-state index in [1.807, 2.05) is 73.8 Å². The van der Waals surface area contributed by atoms with Crippen LogP contribution in [0.5, 0.6) is 0 Å². The van der Waals surface area contributed by atoms with Crippen LogP contribution in [0.25, 0.3) is 0 Å². The minimum atomic E-state index is -0.168. The van der Waals surface area contributed by atoms with Crippen molar-refractivity contribution in [3.8, 4) is 0 Å². The number of nitrogens with zero attached hydrogens (tertiary/aromatic N) is 3. The van der Waals surface area contributed by atoms with E-state index >= 15 is 0 Å². The Morgan fingerprint density at radius 3 is 2.34 bits per heavy atom. The zero-order valence-corrected chi connectivity index (χ0v) is 16.8. The molecule has 0 N–H and O–H groups in total. The molecule has 0 bridgehead atoms. The van der Waals surface area contributed by atoms with E-state index in [4.69, 9.17) is 11.6 Å². The second-order valence-corrected chi connectivity index (χ2v) is 7.21. The summed E-state index contributed by atoms with van der Waals surface area (Å²) in [6.45, 7) is 2.49. The number of hydrogen-bond acceptors (Lipinski definition) is 3. The molecule has 29 heavy (non-hydrogen) atoms. The van der Waals surface area contributed by atoms with E-state index in [9.17, 15) is 4.79 Å². The summed E-state index contributed by atoms with van der Waals surface area (Å²) in [4.78, 5) is 15.2. The fourth-order valence-electron chi connectivity index (χ4n) is 3.22. The maximum Gasteiger partial charge on any atom is 0.282 e. The average Bonchev–Trinajstić information content (AvgIpc) is 3.03. The number of hydrogen-bond donors (Lipinski definition) is 0. The molecule has 0 saturated carbocycles. The zero-order valence-electron chi connectivity index (χ0n) is 16.0. The van der Waals surface area contributed by atoms with Crippen LogP contribution in [0.1, 0.15) is 12.5 Å². The van der Waals surface area contributed by atoms with Gasteiger partial charge in [-0.3, -0.25) is 4.79 Å². The molecule has 0 unspecified atom stereocenters. The van der Waals surface area contributed by atoms with Gasteiger partial charge < -0.3 is 4.90 Å². The number of hydrazone groups is 1. The quantitative estimate of drug-likeness (QED) is 0.517. The summed E-state index contributed by atoms with van der Waals surface area (Å²) in [6, 6.07) is 27.3. The van der Waals surface area contributed by atoms with Gasteiger partial charge in [-0.1, -0.05) is 66.2 Å². The second-order valence-electron chi connectivity index (χ2n) is 6.77. The van der Waals surface area contributed by atoms with Crippen LogP contribution in [-0.2, 0) is 11.3 Å². The van der Waals surface area contributed by atoms with Crippen LogP contribution in [0.15, 0.2) is 102 Å². The number of rotatable bonds is 5. The van der Waals surface area contributed by atoms with Gasteiger partial charge in [-0.25, -0.2) is 0 Å². The number of carbonyl (C=O) groups excluding carboxylic acids is 1. The Bertz CT molecular complexity index is 1080. The van der Waals surface area contributed by atoms with Crippen LogP contribution in [0.3, 0.4) is 0 Å². The maximum absolute atomic E-state index is 13.1. The summed E-state index contributed by atoms with van der Waals surface area (Å²) in [7, 11) is 0. The molecule has 0 aromatic heterocycles. The Balaban J connectivity index is 1.68. The zero-order chi connectivity index (χ0) is 20.2. The smallest absolute Gasteiger partial charge is 0.282 e. The van der Waals surface area contributed by atoms with Gasteiger partial charge in [0.1, 0.15) is 0 Å². The fourth-order valence-corrected chi connectivity index (χ4v) is 3.40. The lowest BCUT2D eigenvalue weighted by atomic mass is 10.1. The second kappa shape index (κ2) is 8.33. The number of amides is 1. The van der Waals surface area contributed by atoms with Crippen molar-refractivity contribution in [1.29, 1.82) is 0 Å². The lowest BCUT2D eigenvalue weighted by Gasteiger charge is -2.22. The first kappa shape index (κ1) is 19.0. The lowest BCUT2D eigenvalue weighted by Crippen LogP contribution is -2.24. The highest BCUT2D eigenvalue weighted by Crippen LogP contribution is 2.27. The van der Waals surface area contributed by atoms with Crippen molar-refractivity contribution in [2.45, 2.75) is 13.5 Å². The van der Waals surface area contributed by atoms with Gasteiger partial charge >= 0.3 is 0 Å². The first-order valence-corrected chi connectivity index (χ1v) is 9.72. The fraction of sp³-hybridized carbons (Fsp3) is 0.0833. The standard InChI is InChI=1S/C24H20ClN3O/c1-18-23(24(29)28(26-18)22-14-8-11-20(25)15-22)17-27(21-12-6-3-7-13-21)16-19-9-4-2-5-10-19/h2-15,17H,16H2,1H3/b23-17+. The topological polar surface area (TPSA) is 35.9 Å². The van der Waals surface area contributed by atoms with Gasteiger partial charge in [0.2, 0.25) is 0 Å². The normalized spacial score (nSPS) is 15.0. The van der Waals surface area contributed by atoms with Crippen LogP contribution in [-0.4, -0.2) is 11.6 Å². The van der Waals surface area contributed by atoms with Gasteiger partial charge in [0.15, 0.2) is 0 Å². The van der Waals surface area contributed by atoms with Crippen LogP contribution in [0.2, 0.25) is 5.02 Å². The van der Waals surface area contributed by atoms with Gasteiger partial charge in [-0.15, -0.1) is 0 Å². The predicted octanol–water partition coefficient (Wildman–Crippen LogP) is 5.65. The maximum atomic E-state index is 13.1. The van der Waals surface area contributed by atoms with Gasteiger partial charge in [0.25, 0.3) is 5.91 Å². The Kier molecular flexibility index (Phi) is 5.45. The van der Waals surface area contributed by atoms with Crippen LogP contribution in [0, 0.1) is 0 Å². The molecule has 0 radical (unpaired) electrons. The molecule has 1 amide bonds. The summed E-state index contributed by atoms with van der Waals surface area (Å²) < 4.78 is 0. The van der Waals surface area contributed by atoms with Crippen molar-refractivity contribution in [1.82, 2.24) is 0 Å². The molecule has 0 aliphatic carbocycles. The van der Waals surface area contributed by atoms with Crippen molar-refractivity contribution in [2.24, 2.45) is 5.10 Å². The molecule has 4 rings (SSSR count). The SMILES string of the molecule is CC1=NN(c2cccc(Cl)c2)C(=O)/C1=C/N(Cc1ccccc1)c1ccccc1. The Hall–Kier alpha value is -3.37. The van der Waals surface area contributed by atoms with Crippen molar-refractivity contribution in [2.75, 3.05) is 9.91 Å². The molecule has 3 aromatic carbocycles. The Morgan fingerprint density at radius 2 is 1.66 bits per heavy atom. The van der Waals surface area contributed by atoms with Crippen molar-refractivity contribution < 1.29 is 4.79 Å². The van der Waals surface area contributed by atoms with Gasteiger partial charge in [-0.05, 0) is 42.8 Å². The number of carbonyl (C=O) groups is 1. The van der Waals surface area contributed by atoms with Gasteiger partial charge in [0, 0.05) is 23.5 Å². The molecule has 3 aromatic rings. The van der Waals surface area contributed by atoms with E-state index in [-0.39, 0.29) is 5.91 Å². The van der Waals surface area contributed by atoms with E-state index in [0.717, 1.165) is 11.3 Å². The number of benzene rings is 3. The largest absolute Gasteiger partial charge is 0.343 e. The highest BCUT2D eigenvalue weighted by molar-refractivity contribution is 6.32. The molecule has 0 fully saturated rings. The lowest BCUT2D eigenvalue weighted by molar-refractivity contribution is -0.114. The minimum absolute atomic E-state index is 0.168. The highest BCUT2D eigenvalue weighted by atomic mass is 35.5. The van der Waals surface area contributed by atoms with Gasteiger partial charge in [-0.2, -0.15) is 10.1 Å². The molecule has 5 heteroatoms. The van der Waals surface area contributed by atoms with Crippen LogP contribution < -0.4 is 9.91 Å². The summed E-state index contributed by atoms with van der Waals surface area (Å²) >= 11 is 6.09. The van der Waals surface area contributed by atoms with E-state index in [1.165, 1.54) is 5.01 Å². The monoisotopic (exact) mass is 401 g/mol. The summed E-state index contributed by atoms with van der Waals surface area (Å²) in [5.41, 5.74) is 4.04. The number of anilines is 2. The van der Waals surface area contributed by atoms with Gasteiger partial charge in [0.05, 0.1) is 17.0 Å².